The molecular formula is C23H21BFN5O2. The summed E-state index contributed by atoms with van der Waals surface area (Å²) in [5.41, 5.74) is 8.71. The van der Waals surface area contributed by atoms with Gasteiger partial charge in [-0.3, -0.25) is 0 Å². The number of rotatable bonds is 6. The number of benzene rings is 2. The second kappa shape index (κ2) is 8.70. The van der Waals surface area contributed by atoms with Crippen molar-refractivity contribution in [2.24, 2.45) is 5.73 Å². The van der Waals surface area contributed by atoms with E-state index in [4.69, 9.17) is 5.73 Å². The van der Waals surface area contributed by atoms with Crippen LogP contribution in [-0.2, 0) is 13.0 Å². The van der Waals surface area contributed by atoms with E-state index in [2.05, 4.69) is 46.4 Å². The molecule has 160 valence electrons. The van der Waals surface area contributed by atoms with Crippen molar-refractivity contribution in [1.82, 2.24) is 14.3 Å². The van der Waals surface area contributed by atoms with Crippen LogP contribution < -0.4 is 11.1 Å². The van der Waals surface area contributed by atoms with E-state index in [0.717, 1.165) is 23.7 Å². The molecule has 2 aromatic carbocycles. The molecule has 2 aromatic heterocycles. The Morgan fingerprint density at radius 3 is 2.53 bits per heavy atom. The molecule has 3 N–H and O–H groups in total. The predicted octanol–water partition coefficient (Wildman–Crippen LogP) is 3.18. The minimum absolute atomic E-state index is 0.119. The van der Waals surface area contributed by atoms with Crippen LogP contribution in [0.3, 0.4) is 0 Å². The van der Waals surface area contributed by atoms with Gasteiger partial charge in [-0.25, -0.2) is 0 Å². The number of nitrogens with two attached hydrogens (primary N) is 1. The predicted molar refractivity (Wildman–Crippen MR) is 121 cm³/mol. The summed E-state index contributed by atoms with van der Waals surface area (Å²) in [6.07, 6.45) is 0.981. The SMILES string of the molecule is CCc1ccc(Cn2bnc(NC(=O)c3cc(C(N)=O)nc4cc(F)ccc34)c2C)cc1. The number of halogens is 1. The summed E-state index contributed by atoms with van der Waals surface area (Å²) in [5.74, 6) is -1.43. The standard InChI is InChI=1S/C23H21BFN5O2/c1-3-14-4-6-15(7-5-14)12-30-13(2)22(29-24-30)28-23(32)18-11-20(21(26)31)27-19-10-16(25)8-9-17(18)19/h4-11H,3,12H2,1-2H3,(H2,26,31)(H,28,32). The molecule has 0 bridgehead atoms. The average molecular weight is 429 g/mol. The molecule has 0 radical (unpaired) electrons. The van der Waals surface area contributed by atoms with Gasteiger partial charge in [0.25, 0.3) is 0 Å². The molecule has 0 saturated heterocycles. The van der Waals surface area contributed by atoms with E-state index in [0.29, 0.717) is 17.7 Å². The van der Waals surface area contributed by atoms with E-state index in [-0.39, 0.29) is 16.8 Å². The fourth-order valence-corrected chi connectivity index (χ4v) is 3.49. The van der Waals surface area contributed by atoms with Gasteiger partial charge in [0, 0.05) is 0 Å². The number of carbonyl (C=O) groups is 2. The Morgan fingerprint density at radius 2 is 1.84 bits per heavy atom. The molecule has 0 unspecified atom stereocenters. The van der Waals surface area contributed by atoms with Crippen LogP contribution in [0, 0.1) is 12.7 Å². The van der Waals surface area contributed by atoms with Crippen LogP contribution >= 0.6 is 0 Å². The molecule has 4 aromatic rings. The van der Waals surface area contributed by atoms with Gasteiger partial charge in [-0.1, -0.05) is 0 Å². The van der Waals surface area contributed by atoms with Crippen LogP contribution in [0.25, 0.3) is 10.9 Å². The number of hydrogen-bond donors (Lipinski definition) is 2. The third kappa shape index (κ3) is 4.27. The number of anilines is 1. The number of primary amides is 1. The minimum atomic E-state index is -0.806. The number of hydrogen-bond acceptors (Lipinski definition) is 4. The van der Waals surface area contributed by atoms with E-state index >= 15 is 0 Å². The fraction of sp³-hybridized carbons (Fsp3) is 0.174. The molecule has 32 heavy (non-hydrogen) atoms. The van der Waals surface area contributed by atoms with Crippen LogP contribution in [0.1, 0.15) is 44.6 Å². The zero-order chi connectivity index (χ0) is 22.8. The number of aryl methyl sites for hydroxylation is 1. The number of fused-ring (bicyclic) bond motifs is 1. The molecule has 0 spiro atoms. The fourth-order valence-electron chi connectivity index (χ4n) is 3.49. The van der Waals surface area contributed by atoms with Gasteiger partial charge in [0.1, 0.15) is 0 Å². The number of carbonyl (C=O) groups excluding carboxylic acids is 2. The first kappa shape index (κ1) is 21.4. The van der Waals surface area contributed by atoms with Gasteiger partial charge < -0.3 is 0 Å². The second-order valence-electron chi connectivity index (χ2n) is 7.51. The number of nitrogens with zero attached hydrogens (tertiary/aromatic N) is 3. The van der Waals surface area contributed by atoms with Crippen molar-refractivity contribution in [2.75, 3.05) is 5.32 Å². The van der Waals surface area contributed by atoms with Crippen molar-refractivity contribution in [2.45, 2.75) is 26.8 Å². The molecule has 4 rings (SSSR count). The maximum atomic E-state index is 13.7. The molecule has 0 aliphatic heterocycles. The van der Waals surface area contributed by atoms with Crippen LogP contribution in [0.2, 0.25) is 0 Å². The topological polar surface area (TPSA) is 103 Å². The van der Waals surface area contributed by atoms with Crippen LogP contribution in [0.5, 0.6) is 0 Å². The van der Waals surface area contributed by atoms with Gasteiger partial charge in [-0.05, 0) is 0 Å². The zero-order valence-corrected chi connectivity index (χ0v) is 17.7. The monoisotopic (exact) mass is 429 g/mol. The molecule has 0 saturated carbocycles. The first-order valence-corrected chi connectivity index (χ1v) is 10.2. The second-order valence-corrected chi connectivity index (χ2v) is 7.51. The van der Waals surface area contributed by atoms with Crippen molar-refractivity contribution < 1.29 is 14.0 Å². The van der Waals surface area contributed by atoms with E-state index < -0.39 is 17.6 Å². The molecule has 2 heterocycles. The molecular weight excluding hydrogens is 408 g/mol. The van der Waals surface area contributed by atoms with Gasteiger partial charge in [0.15, 0.2) is 0 Å². The third-order valence-electron chi connectivity index (χ3n) is 5.38. The quantitative estimate of drug-likeness (QED) is 0.492. The number of pyridine rings is 1. The zero-order valence-electron chi connectivity index (χ0n) is 17.7. The number of aromatic nitrogens is 3. The van der Waals surface area contributed by atoms with E-state index in [1.165, 1.54) is 23.8 Å². The number of nitrogens with one attached hydrogen (secondary N) is 1. The van der Waals surface area contributed by atoms with Crippen LogP contribution in [0.4, 0.5) is 10.2 Å². The summed E-state index contributed by atoms with van der Waals surface area (Å²) in [7, 11) is 1.66. The maximum absolute atomic E-state index is 13.7. The summed E-state index contributed by atoms with van der Waals surface area (Å²) in [6, 6.07) is 13.5. The summed E-state index contributed by atoms with van der Waals surface area (Å²) in [6.45, 7) is 4.58. The van der Waals surface area contributed by atoms with Gasteiger partial charge in [-0.15, -0.1) is 0 Å². The summed E-state index contributed by atoms with van der Waals surface area (Å²) in [5, 5.41) is 3.18. The van der Waals surface area contributed by atoms with Crippen LogP contribution in [0.15, 0.2) is 48.5 Å². The Kier molecular flexibility index (Phi) is 5.81. The summed E-state index contributed by atoms with van der Waals surface area (Å²) < 4.78 is 15.6. The molecule has 0 fully saturated rings. The molecule has 2 amide bonds. The van der Waals surface area contributed by atoms with Gasteiger partial charge >= 0.3 is 184 Å². The van der Waals surface area contributed by atoms with Gasteiger partial charge in [0.2, 0.25) is 0 Å². The molecule has 0 aliphatic carbocycles. The Labute approximate surface area is 184 Å². The van der Waals surface area contributed by atoms with Crippen molar-refractivity contribution in [3.63, 3.8) is 0 Å². The van der Waals surface area contributed by atoms with Crippen molar-refractivity contribution in [3.05, 3.63) is 82.4 Å². The molecule has 0 aliphatic rings. The Bertz CT molecular complexity index is 1330. The van der Waals surface area contributed by atoms with Crippen molar-refractivity contribution in [1.29, 1.82) is 0 Å². The Balaban J connectivity index is 1.62. The molecule has 9 heteroatoms. The van der Waals surface area contributed by atoms with Gasteiger partial charge in [-0.2, -0.15) is 0 Å². The van der Waals surface area contributed by atoms with Crippen LogP contribution in [-0.4, -0.2) is 33.4 Å². The first-order valence-electron chi connectivity index (χ1n) is 10.2. The third-order valence-corrected chi connectivity index (χ3v) is 5.38. The average Bonchev–Trinajstić information content (AvgIpc) is 3.12. The van der Waals surface area contributed by atoms with Crippen molar-refractivity contribution >= 4 is 35.7 Å². The molecule has 7 nitrogen and oxygen atoms in total. The summed E-state index contributed by atoms with van der Waals surface area (Å²) in [4.78, 5) is 33.1. The Morgan fingerprint density at radius 1 is 1.12 bits per heavy atom. The Hall–Kier alpha value is -3.88. The molecule has 0 atom stereocenters. The first-order chi connectivity index (χ1) is 15.4. The van der Waals surface area contributed by atoms with E-state index in [1.807, 2.05) is 11.4 Å². The van der Waals surface area contributed by atoms with E-state index in [1.54, 1.807) is 7.19 Å². The van der Waals surface area contributed by atoms with E-state index in [9.17, 15) is 14.0 Å². The normalized spacial score (nSPS) is 10.8. The number of amides is 2. The van der Waals surface area contributed by atoms with Gasteiger partial charge in [0.05, 0.1) is 0 Å². The van der Waals surface area contributed by atoms with Crippen molar-refractivity contribution in [3.8, 4) is 0 Å². The summed E-state index contributed by atoms with van der Waals surface area (Å²) >= 11 is 0.